The van der Waals surface area contributed by atoms with Crippen molar-refractivity contribution < 1.29 is 9.18 Å². The molecule has 2 rings (SSSR count). The van der Waals surface area contributed by atoms with Gasteiger partial charge < -0.3 is 16.0 Å². The Bertz CT molecular complexity index is 616. The van der Waals surface area contributed by atoms with Crippen LogP contribution in [-0.4, -0.2) is 18.0 Å². The number of nitrogen functional groups attached to an aromatic ring is 1. The summed E-state index contributed by atoms with van der Waals surface area (Å²) in [5, 5.41) is 2.73. The Morgan fingerprint density at radius 1 is 1.25 bits per heavy atom. The number of anilines is 2. The summed E-state index contributed by atoms with van der Waals surface area (Å²) in [6.07, 6.45) is 0. The van der Waals surface area contributed by atoms with Crippen LogP contribution < -0.4 is 11.1 Å². The Morgan fingerprint density at radius 2 is 2.00 bits per heavy atom. The average Bonchev–Trinajstić information content (AvgIpc) is 2.38. The zero-order valence-electron chi connectivity index (χ0n) is 11.1. The van der Waals surface area contributed by atoms with Crippen molar-refractivity contribution in [3.63, 3.8) is 0 Å². The molecule has 0 aliphatic carbocycles. The summed E-state index contributed by atoms with van der Waals surface area (Å²) in [4.78, 5) is 13.5. The van der Waals surface area contributed by atoms with E-state index >= 15 is 0 Å². The van der Waals surface area contributed by atoms with Gasteiger partial charge in [-0.15, -0.1) is 0 Å². The highest BCUT2D eigenvalue weighted by Crippen LogP contribution is 2.13. The molecule has 0 aliphatic heterocycles. The van der Waals surface area contributed by atoms with Gasteiger partial charge in [0.25, 0.3) is 0 Å². The number of hydrogen-bond donors (Lipinski definition) is 2. The van der Waals surface area contributed by atoms with Crippen LogP contribution in [0.3, 0.4) is 0 Å². The molecule has 0 bridgehead atoms. The predicted molar refractivity (Wildman–Crippen MR) is 77.7 cm³/mol. The van der Waals surface area contributed by atoms with Crippen LogP contribution >= 0.6 is 0 Å². The van der Waals surface area contributed by atoms with Crippen LogP contribution in [0.1, 0.15) is 5.56 Å². The molecule has 2 aromatic rings. The zero-order chi connectivity index (χ0) is 14.5. The van der Waals surface area contributed by atoms with Crippen LogP contribution in [0.25, 0.3) is 0 Å². The Kier molecular flexibility index (Phi) is 4.20. The second-order valence-corrected chi connectivity index (χ2v) is 4.54. The number of hydrogen-bond acceptors (Lipinski definition) is 2. The summed E-state index contributed by atoms with van der Waals surface area (Å²) in [5.41, 5.74) is 7.58. The van der Waals surface area contributed by atoms with Crippen molar-refractivity contribution in [2.75, 3.05) is 18.1 Å². The lowest BCUT2D eigenvalue weighted by atomic mass is 10.2. The predicted octanol–water partition coefficient (Wildman–Crippen LogP) is 3.07. The second kappa shape index (κ2) is 6.06. The summed E-state index contributed by atoms with van der Waals surface area (Å²) in [5.74, 6) is -0.313. The molecular weight excluding hydrogens is 257 g/mol. The fourth-order valence-corrected chi connectivity index (χ4v) is 1.82. The highest BCUT2D eigenvalue weighted by atomic mass is 19.1. The average molecular weight is 273 g/mol. The van der Waals surface area contributed by atoms with Crippen molar-refractivity contribution in [1.29, 1.82) is 0 Å². The van der Waals surface area contributed by atoms with Gasteiger partial charge in [-0.05, 0) is 35.9 Å². The van der Waals surface area contributed by atoms with E-state index in [9.17, 15) is 9.18 Å². The summed E-state index contributed by atoms with van der Waals surface area (Å²) in [7, 11) is 1.65. The number of nitrogens with two attached hydrogens (primary N) is 1. The molecule has 0 heterocycles. The van der Waals surface area contributed by atoms with E-state index in [1.807, 2.05) is 0 Å². The highest BCUT2D eigenvalue weighted by molar-refractivity contribution is 5.89. The van der Waals surface area contributed by atoms with Crippen molar-refractivity contribution in [2.24, 2.45) is 0 Å². The molecular formula is C15H16FN3O. The lowest BCUT2D eigenvalue weighted by Gasteiger charge is -2.18. The number of nitrogens with zero attached hydrogens (tertiary/aromatic N) is 1. The maximum atomic E-state index is 13.1. The molecule has 5 heteroatoms. The molecule has 0 spiro atoms. The Morgan fingerprint density at radius 3 is 2.70 bits per heavy atom. The highest BCUT2D eigenvalue weighted by Gasteiger charge is 2.09. The third-order valence-corrected chi connectivity index (χ3v) is 2.79. The summed E-state index contributed by atoms with van der Waals surface area (Å²) in [6.45, 7) is 0.325. The van der Waals surface area contributed by atoms with Crippen LogP contribution in [0, 0.1) is 5.82 Å². The molecule has 0 aliphatic rings. The molecule has 0 unspecified atom stereocenters. The van der Waals surface area contributed by atoms with Crippen LogP contribution in [0.4, 0.5) is 20.6 Å². The van der Waals surface area contributed by atoms with E-state index in [2.05, 4.69) is 5.32 Å². The molecule has 3 N–H and O–H groups in total. The van der Waals surface area contributed by atoms with Gasteiger partial charge in [-0.2, -0.15) is 0 Å². The Labute approximate surface area is 117 Å². The first-order valence-corrected chi connectivity index (χ1v) is 6.17. The van der Waals surface area contributed by atoms with E-state index in [1.54, 1.807) is 43.4 Å². The van der Waals surface area contributed by atoms with E-state index in [0.29, 0.717) is 17.9 Å². The Hall–Kier alpha value is -2.56. The number of urea groups is 1. The number of benzene rings is 2. The van der Waals surface area contributed by atoms with E-state index in [4.69, 9.17) is 5.73 Å². The van der Waals surface area contributed by atoms with Crippen molar-refractivity contribution in [1.82, 2.24) is 4.90 Å². The van der Waals surface area contributed by atoms with Crippen molar-refractivity contribution >= 4 is 17.4 Å². The Balaban J connectivity index is 1.98. The molecule has 20 heavy (non-hydrogen) atoms. The second-order valence-electron chi connectivity index (χ2n) is 4.54. The molecule has 0 fully saturated rings. The molecule has 0 aromatic heterocycles. The summed E-state index contributed by atoms with van der Waals surface area (Å²) < 4.78 is 13.1. The molecule has 2 amide bonds. The van der Waals surface area contributed by atoms with Crippen LogP contribution in [-0.2, 0) is 6.54 Å². The SMILES string of the molecule is CN(Cc1cccc(F)c1)C(=O)Nc1cccc(N)c1. The number of amides is 2. The first-order valence-electron chi connectivity index (χ1n) is 6.17. The summed E-state index contributed by atoms with van der Waals surface area (Å²) in [6, 6.07) is 12.8. The monoisotopic (exact) mass is 273 g/mol. The lowest BCUT2D eigenvalue weighted by Crippen LogP contribution is -2.30. The molecule has 0 saturated carbocycles. The van der Waals surface area contributed by atoms with E-state index in [-0.39, 0.29) is 11.8 Å². The van der Waals surface area contributed by atoms with Gasteiger partial charge in [0.1, 0.15) is 5.82 Å². The van der Waals surface area contributed by atoms with E-state index < -0.39 is 0 Å². The van der Waals surface area contributed by atoms with Gasteiger partial charge in [0, 0.05) is 25.0 Å². The largest absolute Gasteiger partial charge is 0.399 e. The third kappa shape index (κ3) is 3.71. The molecule has 104 valence electrons. The van der Waals surface area contributed by atoms with Crippen molar-refractivity contribution in [2.45, 2.75) is 6.54 Å². The maximum Gasteiger partial charge on any atom is 0.321 e. The molecule has 0 radical (unpaired) electrons. The maximum absolute atomic E-state index is 13.1. The fourth-order valence-electron chi connectivity index (χ4n) is 1.82. The van der Waals surface area contributed by atoms with Crippen molar-refractivity contribution in [3.05, 3.63) is 59.9 Å². The normalized spacial score (nSPS) is 10.1. The van der Waals surface area contributed by atoms with Gasteiger partial charge in [0.15, 0.2) is 0 Å². The minimum atomic E-state index is -0.313. The van der Waals surface area contributed by atoms with Crippen molar-refractivity contribution in [3.8, 4) is 0 Å². The fraction of sp³-hybridized carbons (Fsp3) is 0.133. The molecule has 2 aromatic carbocycles. The van der Waals surface area contributed by atoms with Gasteiger partial charge in [-0.1, -0.05) is 18.2 Å². The van der Waals surface area contributed by atoms with Gasteiger partial charge in [0.05, 0.1) is 0 Å². The standard InChI is InChI=1S/C15H16FN3O/c1-19(10-11-4-2-5-12(16)8-11)15(20)18-14-7-3-6-13(17)9-14/h2-9H,10,17H2,1H3,(H,18,20). The van der Waals surface area contributed by atoms with Crippen LogP contribution in [0.5, 0.6) is 0 Å². The lowest BCUT2D eigenvalue weighted by molar-refractivity contribution is 0.220. The first kappa shape index (κ1) is 13.9. The minimum Gasteiger partial charge on any atom is -0.399 e. The van der Waals surface area contributed by atoms with Crippen LogP contribution in [0.2, 0.25) is 0 Å². The summed E-state index contributed by atoms with van der Waals surface area (Å²) >= 11 is 0. The quantitative estimate of drug-likeness (QED) is 0.844. The van der Waals surface area contributed by atoms with Gasteiger partial charge >= 0.3 is 6.03 Å². The number of rotatable bonds is 3. The van der Waals surface area contributed by atoms with Crippen LogP contribution in [0.15, 0.2) is 48.5 Å². The zero-order valence-corrected chi connectivity index (χ0v) is 11.1. The number of nitrogens with one attached hydrogen (secondary N) is 1. The third-order valence-electron chi connectivity index (χ3n) is 2.79. The number of halogens is 1. The van der Waals surface area contributed by atoms with E-state index in [1.165, 1.54) is 17.0 Å². The number of carbonyl (C=O) groups excluding carboxylic acids is 1. The van der Waals surface area contributed by atoms with E-state index in [0.717, 1.165) is 5.56 Å². The topological polar surface area (TPSA) is 58.4 Å². The smallest absolute Gasteiger partial charge is 0.321 e. The minimum absolute atomic E-state index is 0.278. The number of carbonyl (C=O) groups is 1. The molecule has 4 nitrogen and oxygen atoms in total. The molecule has 0 atom stereocenters. The van der Waals surface area contributed by atoms with Gasteiger partial charge in [-0.25, -0.2) is 9.18 Å². The molecule has 0 saturated heterocycles. The van der Waals surface area contributed by atoms with Gasteiger partial charge in [-0.3, -0.25) is 0 Å². The van der Waals surface area contributed by atoms with Gasteiger partial charge in [0.2, 0.25) is 0 Å². The first-order chi connectivity index (χ1) is 9.54.